The lowest BCUT2D eigenvalue weighted by Gasteiger charge is -2.44. The van der Waals surface area contributed by atoms with Crippen LogP contribution in [0.15, 0.2) is 6.07 Å². The molecule has 2 heterocycles. The molecular weight excluding hydrogens is 260 g/mol. The molecule has 0 atom stereocenters. The minimum Gasteiger partial charge on any atom is -0.362 e. The third kappa shape index (κ3) is 3.23. The summed E-state index contributed by atoms with van der Waals surface area (Å²) in [6.07, 6.45) is 9.70. The summed E-state index contributed by atoms with van der Waals surface area (Å²) in [6.45, 7) is 6.81. The number of rotatable bonds is 3. The number of hydrogen-bond donors (Lipinski definition) is 1. The molecule has 2 fully saturated rings. The van der Waals surface area contributed by atoms with Crippen molar-refractivity contribution in [1.29, 1.82) is 0 Å². The Morgan fingerprint density at radius 2 is 1.81 bits per heavy atom. The van der Waals surface area contributed by atoms with Crippen molar-refractivity contribution in [3.05, 3.63) is 23.0 Å². The number of Topliss-reactive ketones (excluding diaryl/α,β-unsaturated/α-hetero) is 1. The van der Waals surface area contributed by atoms with E-state index in [0.717, 1.165) is 30.0 Å². The van der Waals surface area contributed by atoms with Gasteiger partial charge < -0.3 is 4.98 Å². The molecule has 3 heteroatoms. The Balaban J connectivity index is 1.55. The van der Waals surface area contributed by atoms with Crippen LogP contribution in [-0.4, -0.2) is 35.3 Å². The van der Waals surface area contributed by atoms with E-state index < -0.39 is 0 Å². The fourth-order valence-electron chi connectivity index (χ4n) is 4.29. The van der Waals surface area contributed by atoms with Gasteiger partial charge in [0.1, 0.15) is 0 Å². The summed E-state index contributed by atoms with van der Waals surface area (Å²) >= 11 is 0. The monoisotopic (exact) mass is 288 g/mol. The van der Waals surface area contributed by atoms with E-state index in [1.54, 1.807) is 0 Å². The van der Waals surface area contributed by atoms with Crippen molar-refractivity contribution in [2.75, 3.05) is 19.6 Å². The number of carbonyl (C=O) groups is 1. The van der Waals surface area contributed by atoms with Gasteiger partial charge in [-0.1, -0.05) is 19.3 Å². The predicted octanol–water partition coefficient (Wildman–Crippen LogP) is 3.86. The van der Waals surface area contributed by atoms with Gasteiger partial charge in [-0.05, 0) is 64.1 Å². The van der Waals surface area contributed by atoms with Crippen LogP contribution in [0.3, 0.4) is 0 Å². The average Bonchev–Trinajstić information content (AvgIpc) is 2.82. The van der Waals surface area contributed by atoms with Gasteiger partial charge in [0.15, 0.2) is 5.78 Å². The highest BCUT2D eigenvalue weighted by atomic mass is 16.1. The summed E-state index contributed by atoms with van der Waals surface area (Å²) in [5.74, 6) is 0.274. The zero-order valence-corrected chi connectivity index (χ0v) is 13.5. The van der Waals surface area contributed by atoms with Crippen molar-refractivity contribution in [3.63, 3.8) is 0 Å². The lowest BCUT2D eigenvalue weighted by molar-refractivity contribution is 0.0611. The van der Waals surface area contributed by atoms with Crippen LogP contribution in [0.25, 0.3) is 0 Å². The number of ketones is 1. The van der Waals surface area contributed by atoms with Crippen LogP contribution in [0.1, 0.15) is 66.7 Å². The van der Waals surface area contributed by atoms with Gasteiger partial charge in [0.2, 0.25) is 0 Å². The van der Waals surface area contributed by atoms with Gasteiger partial charge in [0.25, 0.3) is 0 Å². The van der Waals surface area contributed by atoms with Gasteiger partial charge in [-0.3, -0.25) is 9.69 Å². The Morgan fingerprint density at radius 1 is 1.14 bits per heavy atom. The van der Waals surface area contributed by atoms with Gasteiger partial charge in [-0.2, -0.15) is 0 Å². The summed E-state index contributed by atoms with van der Waals surface area (Å²) in [4.78, 5) is 18.1. The van der Waals surface area contributed by atoms with Crippen LogP contribution in [0.2, 0.25) is 0 Å². The lowest BCUT2D eigenvalue weighted by atomic mass is 9.68. The SMILES string of the molecule is Cc1cc(C(=O)CN2CCC3(CCCCC3)CC2)c(C)[nH]1. The normalized spacial score (nSPS) is 22.6. The largest absolute Gasteiger partial charge is 0.362 e. The maximum absolute atomic E-state index is 12.5. The third-order valence-electron chi connectivity index (χ3n) is 5.65. The Morgan fingerprint density at radius 3 is 2.38 bits per heavy atom. The van der Waals surface area contributed by atoms with Crippen LogP contribution in [0, 0.1) is 19.3 Å². The zero-order valence-electron chi connectivity index (χ0n) is 13.5. The number of aromatic nitrogens is 1. The van der Waals surface area contributed by atoms with Crippen LogP contribution < -0.4 is 0 Å². The number of likely N-dealkylation sites (tertiary alicyclic amines) is 1. The minimum absolute atomic E-state index is 0.274. The highest BCUT2D eigenvalue weighted by Crippen LogP contribution is 2.44. The molecule has 116 valence electrons. The molecule has 0 bridgehead atoms. The summed E-state index contributed by atoms with van der Waals surface area (Å²) in [5.41, 5.74) is 3.60. The Kier molecular flexibility index (Phi) is 4.21. The van der Waals surface area contributed by atoms with Gasteiger partial charge in [0.05, 0.1) is 6.54 Å². The highest BCUT2D eigenvalue weighted by molar-refractivity contribution is 5.98. The molecule has 0 unspecified atom stereocenters. The molecule has 1 aromatic rings. The second-order valence-electron chi connectivity index (χ2n) is 7.25. The van der Waals surface area contributed by atoms with Gasteiger partial charge in [-0.15, -0.1) is 0 Å². The standard InChI is InChI=1S/C18H28N2O/c1-14-12-16(15(2)19-14)17(21)13-20-10-8-18(9-11-20)6-4-3-5-7-18/h12,19H,3-11,13H2,1-2H3. The van der Waals surface area contributed by atoms with Crippen LogP contribution in [0.5, 0.6) is 0 Å². The van der Waals surface area contributed by atoms with Gasteiger partial charge in [0, 0.05) is 17.0 Å². The zero-order chi connectivity index (χ0) is 14.9. The Hall–Kier alpha value is -1.09. The minimum atomic E-state index is 0.274. The van der Waals surface area contributed by atoms with Gasteiger partial charge >= 0.3 is 0 Å². The Labute approximate surface area is 128 Å². The number of aryl methyl sites for hydroxylation is 2. The fourth-order valence-corrected chi connectivity index (χ4v) is 4.29. The maximum atomic E-state index is 12.5. The number of H-pyrrole nitrogens is 1. The lowest BCUT2D eigenvalue weighted by Crippen LogP contribution is -2.43. The van der Waals surface area contributed by atoms with E-state index in [2.05, 4.69) is 9.88 Å². The van der Waals surface area contributed by atoms with E-state index in [0.29, 0.717) is 12.0 Å². The number of piperidine rings is 1. The highest BCUT2D eigenvalue weighted by Gasteiger charge is 2.35. The molecule has 0 radical (unpaired) electrons. The number of aromatic amines is 1. The van der Waals surface area contributed by atoms with E-state index in [9.17, 15) is 4.79 Å². The number of hydrogen-bond acceptors (Lipinski definition) is 2. The van der Waals surface area contributed by atoms with Crippen LogP contribution in [0.4, 0.5) is 0 Å². The van der Waals surface area contributed by atoms with E-state index >= 15 is 0 Å². The van der Waals surface area contributed by atoms with E-state index in [1.807, 2.05) is 19.9 Å². The van der Waals surface area contributed by atoms with E-state index in [-0.39, 0.29) is 5.78 Å². The van der Waals surface area contributed by atoms with Crippen LogP contribution in [-0.2, 0) is 0 Å². The molecule has 1 aliphatic carbocycles. The predicted molar refractivity (Wildman–Crippen MR) is 85.8 cm³/mol. The molecule has 3 nitrogen and oxygen atoms in total. The number of nitrogens with one attached hydrogen (secondary N) is 1. The third-order valence-corrected chi connectivity index (χ3v) is 5.65. The van der Waals surface area contributed by atoms with E-state index in [4.69, 9.17) is 0 Å². The maximum Gasteiger partial charge on any atom is 0.178 e. The number of nitrogens with zero attached hydrogens (tertiary/aromatic N) is 1. The summed E-state index contributed by atoms with van der Waals surface area (Å²) < 4.78 is 0. The first-order valence-corrected chi connectivity index (χ1v) is 8.50. The molecular formula is C18H28N2O. The Bertz CT molecular complexity index is 501. The van der Waals surface area contributed by atoms with Crippen molar-refractivity contribution >= 4 is 5.78 Å². The molecule has 0 aromatic carbocycles. The smallest absolute Gasteiger partial charge is 0.178 e. The quantitative estimate of drug-likeness (QED) is 0.857. The topological polar surface area (TPSA) is 36.1 Å². The molecule has 21 heavy (non-hydrogen) atoms. The first-order chi connectivity index (χ1) is 10.1. The first-order valence-electron chi connectivity index (χ1n) is 8.50. The van der Waals surface area contributed by atoms with Crippen molar-refractivity contribution in [2.45, 2.75) is 58.8 Å². The molecule has 1 saturated heterocycles. The molecule has 1 aliphatic heterocycles. The van der Waals surface area contributed by atoms with Gasteiger partial charge in [-0.25, -0.2) is 0 Å². The van der Waals surface area contributed by atoms with Crippen molar-refractivity contribution in [3.8, 4) is 0 Å². The molecule has 1 N–H and O–H groups in total. The molecule has 1 spiro atoms. The van der Waals surface area contributed by atoms with Crippen molar-refractivity contribution in [2.24, 2.45) is 5.41 Å². The molecule has 2 aliphatic rings. The molecule has 1 aromatic heterocycles. The van der Waals surface area contributed by atoms with Crippen molar-refractivity contribution in [1.82, 2.24) is 9.88 Å². The average molecular weight is 288 g/mol. The second-order valence-corrected chi connectivity index (χ2v) is 7.25. The summed E-state index contributed by atoms with van der Waals surface area (Å²) in [5, 5.41) is 0. The van der Waals surface area contributed by atoms with Crippen LogP contribution >= 0.6 is 0 Å². The number of carbonyl (C=O) groups excluding carboxylic acids is 1. The molecule has 3 rings (SSSR count). The molecule has 0 amide bonds. The second kappa shape index (κ2) is 5.96. The van der Waals surface area contributed by atoms with E-state index in [1.165, 1.54) is 44.9 Å². The first kappa shape index (κ1) is 14.8. The molecule has 1 saturated carbocycles. The van der Waals surface area contributed by atoms with Crippen molar-refractivity contribution < 1.29 is 4.79 Å². The summed E-state index contributed by atoms with van der Waals surface area (Å²) in [6, 6.07) is 1.99. The fraction of sp³-hybridized carbons (Fsp3) is 0.722. The summed E-state index contributed by atoms with van der Waals surface area (Å²) in [7, 11) is 0.